The molecule has 7 nitrogen and oxygen atoms in total. The molecule has 0 aromatic heterocycles. The van der Waals surface area contributed by atoms with Crippen LogP contribution in [0.5, 0.6) is 0 Å². The zero-order chi connectivity index (χ0) is 18.3. The summed E-state index contributed by atoms with van der Waals surface area (Å²) in [4.78, 5) is 23.5. The molecule has 1 aliphatic rings. The van der Waals surface area contributed by atoms with Crippen LogP contribution in [0.25, 0.3) is 0 Å². The fraction of sp³-hybridized carbons (Fsp3) is 0.529. The van der Waals surface area contributed by atoms with E-state index in [0.717, 1.165) is 30.0 Å². The zero-order valence-corrected chi connectivity index (χ0v) is 15.3. The van der Waals surface area contributed by atoms with E-state index in [1.807, 2.05) is 0 Å². The SMILES string of the molecule is CCCCCCNC(=O)c1ccc(S(=O)(=O)N2CCNC(=O)C2)cc1. The van der Waals surface area contributed by atoms with Gasteiger partial charge >= 0.3 is 0 Å². The molecule has 0 aliphatic carbocycles. The average Bonchev–Trinajstić information content (AvgIpc) is 2.61. The molecule has 0 radical (unpaired) electrons. The molecule has 1 aromatic rings. The summed E-state index contributed by atoms with van der Waals surface area (Å²) in [5.74, 6) is -0.522. The van der Waals surface area contributed by atoms with Crippen molar-refractivity contribution < 1.29 is 18.0 Å². The molecule has 0 spiro atoms. The van der Waals surface area contributed by atoms with Gasteiger partial charge in [0.15, 0.2) is 0 Å². The van der Waals surface area contributed by atoms with Gasteiger partial charge in [0, 0.05) is 25.2 Å². The molecule has 138 valence electrons. The molecule has 0 saturated carbocycles. The normalized spacial score (nSPS) is 15.6. The van der Waals surface area contributed by atoms with Crippen LogP contribution in [0.1, 0.15) is 43.0 Å². The Morgan fingerprint density at radius 1 is 1.20 bits per heavy atom. The van der Waals surface area contributed by atoms with Gasteiger partial charge in [-0.2, -0.15) is 4.31 Å². The Labute approximate surface area is 148 Å². The van der Waals surface area contributed by atoms with Crippen LogP contribution in [-0.2, 0) is 14.8 Å². The van der Waals surface area contributed by atoms with Gasteiger partial charge in [0.05, 0.1) is 11.4 Å². The molecule has 8 heteroatoms. The Morgan fingerprint density at radius 2 is 1.92 bits per heavy atom. The number of benzene rings is 1. The van der Waals surface area contributed by atoms with Crippen LogP contribution >= 0.6 is 0 Å². The maximum absolute atomic E-state index is 12.5. The van der Waals surface area contributed by atoms with Gasteiger partial charge in [-0.25, -0.2) is 8.42 Å². The smallest absolute Gasteiger partial charge is 0.251 e. The number of piperazine rings is 1. The van der Waals surface area contributed by atoms with Gasteiger partial charge in [0.1, 0.15) is 0 Å². The third-order valence-corrected chi connectivity index (χ3v) is 5.93. The molecule has 0 atom stereocenters. The number of unbranched alkanes of at least 4 members (excludes halogenated alkanes) is 3. The predicted molar refractivity (Wildman–Crippen MR) is 94.7 cm³/mol. The predicted octanol–water partition coefficient (Wildman–Crippen LogP) is 1.12. The first kappa shape index (κ1) is 19.4. The maximum atomic E-state index is 12.5. The number of carbonyl (C=O) groups excluding carboxylic acids is 2. The van der Waals surface area contributed by atoms with Crippen molar-refractivity contribution in [3.63, 3.8) is 0 Å². The number of hydrogen-bond acceptors (Lipinski definition) is 4. The molecule has 1 aliphatic heterocycles. The van der Waals surface area contributed by atoms with Crippen molar-refractivity contribution in [2.45, 2.75) is 37.5 Å². The van der Waals surface area contributed by atoms with Crippen LogP contribution < -0.4 is 10.6 Å². The summed E-state index contributed by atoms with van der Waals surface area (Å²) < 4.78 is 26.2. The lowest BCUT2D eigenvalue weighted by atomic mass is 10.2. The summed E-state index contributed by atoms with van der Waals surface area (Å²) in [6, 6.07) is 5.82. The number of nitrogens with zero attached hydrogens (tertiary/aromatic N) is 1. The Morgan fingerprint density at radius 3 is 2.56 bits per heavy atom. The molecular weight excluding hydrogens is 342 g/mol. The lowest BCUT2D eigenvalue weighted by molar-refractivity contribution is -0.122. The fourth-order valence-corrected chi connectivity index (χ4v) is 4.00. The van der Waals surface area contributed by atoms with Crippen LogP contribution in [0.3, 0.4) is 0 Å². The Balaban J connectivity index is 1.96. The molecule has 1 fully saturated rings. The van der Waals surface area contributed by atoms with E-state index in [4.69, 9.17) is 0 Å². The lowest BCUT2D eigenvalue weighted by Crippen LogP contribution is -2.49. The van der Waals surface area contributed by atoms with E-state index in [9.17, 15) is 18.0 Å². The van der Waals surface area contributed by atoms with E-state index in [1.54, 1.807) is 0 Å². The first-order valence-corrected chi connectivity index (χ1v) is 10.0. The summed E-state index contributed by atoms with van der Waals surface area (Å²) in [6.07, 6.45) is 4.31. The first-order valence-electron chi connectivity index (χ1n) is 8.60. The summed E-state index contributed by atoms with van der Waals surface area (Å²) >= 11 is 0. The number of sulfonamides is 1. The highest BCUT2D eigenvalue weighted by Gasteiger charge is 2.29. The Bertz CT molecular complexity index is 701. The first-order chi connectivity index (χ1) is 11.9. The van der Waals surface area contributed by atoms with E-state index in [0.29, 0.717) is 18.7 Å². The number of hydrogen-bond donors (Lipinski definition) is 2. The molecule has 2 N–H and O–H groups in total. The molecule has 1 aromatic carbocycles. The minimum atomic E-state index is -3.72. The zero-order valence-electron chi connectivity index (χ0n) is 14.5. The minimum absolute atomic E-state index is 0.0849. The van der Waals surface area contributed by atoms with Crippen molar-refractivity contribution >= 4 is 21.8 Å². The molecule has 1 heterocycles. The van der Waals surface area contributed by atoms with Crippen LogP contribution in [0.2, 0.25) is 0 Å². The van der Waals surface area contributed by atoms with Gasteiger partial charge in [-0.1, -0.05) is 26.2 Å². The third kappa shape index (κ3) is 5.27. The van der Waals surface area contributed by atoms with Crippen molar-refractivity contribution in [1.29, 1.82) is 0 Å². The van der Waals surface area contributed by atoms with Gasteiger partial charge in [-0.05, 0) is 30.7 Å². The molecule has 2 rings (SSSR count). The Kier molecular flexibility index (Phi) is 6.95. The van der Waals surface area contributed by atoms with Gasteiger partial charge in [-0.3, -0.25) is 9.59 Å². The summed E-state index contributed by atoms with van der Waals surface area (Å²) in [5.41, 5.74) is 0.422. The van der Waals surface area contributed by atoms with Gasteiger partial charge < -0.3 is 10.6 Å². The van der Waals surface area contributed by atoms with Crippen LogP contribution in [0.15, 0.2) is 29.2 Å². The number of nitrogens with one attached hydrogen (secondary N) is 2. The molecule has 0 bridgehead atoms. The minimum Gasteiger partial charge on any atom is -0.354 e. The van der Waals surface area contributed by atoms with Crippen molar-refractivity contribution in [1.82, 2.24) is 14.9 Å². The van der Waals surface area contributed by atoms with E-state index in [-0.39, 0.29) is 29.8 Å². The van der Waals surface area contributed by atoms with Crippen LogP contribution in [0.4, 0.5) is 0 Å². The molecular formula is C17H25N3O4S. The molecule has 1 saturated heterocycles. The number of amides is 2. The van der Waals surface area contributed by atoms with Crippen molar-refractivity contribution in [2.75, 3.05) is 26.2 Å². The molecule has 2 amide bonds. The topological polar surface area (TPSA) is 95.6 Å². The van der Waals surface area contributed by atoms with E-state index >= 15 is 0 Å². The van der Waals surface area contributed by atoms with Gasteiger partial charge in [0.25, 0.3) is 5.91 Å². The fourth-order valence-electron chi connectivity index (χ4n) is 2.60. The highest BCUT2D eigenvalue weighted by atomic mass is 32.2. The van der Waals surface area contributed by atoms with E-state index in [1.165, 1.54) is 24.3 Å². The summed E-state index contributed by atoms with van der Waals surface area (Å²) in [6.45, 7) is 3.11. The molecule has 25 heavy (non-hydrogen) atoms. The van der Waals surface area contributed by atoms with Gasteiger partial charge in [-0.15, -0.1) is 0 Å². The Hall–Kier alpha value is -1.93. The molecule has 0 unspecified atom stereocenters. The average molecular weight is 367 g/mol. The van der Waals surface area contributed by atoms with E-state index in [2.05, 4.69) is 17.6 Å². The van der Waals surface area contributed by atoms with Crippen LogP contribution in [-0.4, -0.2) is 50.7 Å². The highest BCUT2D eigenvalue weighted by molar-refractivity contribution is 7.89. The summed E-state index contributed by atoms with van der Waals surface area (Å²) in [5, 5.41) is 5.43. The van der Waals surface area contributed by atoms with Gasteiger partial charge in [0.2, 0.25) is 15.9 Å². The number of rotatable bonds is 8. The second-order valence-electron chi connectivity index (χ2n) is 6.03. The van der Waals surface area contributed by atoms with Crippen molar-refractivity contribution in [2.24, 2.45) is 0 Å². The third-order valence-electron chi connectivity index (χ3n) is 4.07. The summed E-state index contributed by atoms with van der Waals surface area (Å²) in [7, 11) is -3.72. The highest BCUT2D eigenvalue weighted by Crippen LogP contribution is 2.17. The largest absolute Gasteiger partial charge is 0.354 e. The maximum Gasteiger partial charge on any atom is 0.251 e. The monoisotopic (exact) mass is 367 g/mol. The lowest BCUT2D eigenvalue weighted by Gasteiger charge is -2.25. The standard InChI is InChI=1S/C17H25N3O4S/c1-2-3-4-5-10-19-17(22)14-6-8-15(9-7-14)25(23,24)20-12-11-18-16(21)13-20/h6-9H,2-5,10-13H2,1H3,(H,18,21)(H,19,22). The second kappa shape index (κ2) is 8.96. The quantitative estimate of drug-likeness (QED) is 0.673. The van der Waals surface area contributed by atoms with Crippen LogP contribution in [0, 0.1) is 0 Å². The van der Waals surface area contributed by atoms with Crippen molar-refractivity contribution in [3.05, 3.63) is 29.8 Å². The number of carbonyl (C=O) groups is 2. The van der Waals surface area contributed by atoms with E-state index < -0.39 is 10.0 Å². The second-order valence-corrected chi connectivity index (χ2v) is 7.97. The van der Waals surface area contributed by atoms with Crippen molar-refractivity contribution in [3.8, 4) is 0 Å².